The minimum absolute atomic E-state index is 0.0609. The van der Waals surface area contributed by atoms with Crippen LogP contribution in [-0.4, -0.2) is 0 Å². The van der Waals surface area contributed by atoms with Crippen LogP contribution in [0.15, 0.2) is 28.7 Å². The average molecular weight is 356 g/mol. The number of benzene rings is 1. The van der Waals surface area contributed by atoms with Gasteiger partial charge in [0, 0.05) is 0 Å². The smallest absolute Gasteiger partial charge is 0.193 e. The van der Waals surface area contributed by atoms with E-state index in [9.17, 15) is 0 Å². The van der Waals surface area contributed by atoms with Crippen LogP contribution in [0.4, 0.5) is 0 Å². The van der Waals surface area contributed by atoms with Crippen molar-refractivity contribution in [2.75, 3.05) is 0 Å². The van der Waals surface area contributed by atoms with Gasteiger partial charge in [0.05, 0.1) is 4.83 Å². The molecule has 1 aromatic carbocycles. The summed E-state index contributed by atoms with van der Waals surface area (Å²) in [5, 5.41) is 0.436. The first kappa shape index (κ1) is 15.7. The van der Waals surface area contributed by atoms with E-state index in [0.29, 0.717) is 5.22 Å². The SMILES string of the molecule is CCc1cc(CC)c(C(Br)c2ccc(Cl)o2)c(CC)c1. The van der Waals surface area contributed by atoms with Gasteiger partial charge in [0.25, 0.3) is 0 Å². The largest absolute Gasteiger partial charge is 0.448 e. The van der Waals surface area contributed by atoms with Crippen LogP contribution in [0.5, 0.6) is 0 Å². The summed E-state index contributed by atoms with van der Waals surface area (Å²) >= 11 is 9.68. The fourth-order valence-electron chi connectivity index (χ4n) is 2.57. The maximum absolute atomic E-state index is 5.90. The van der Waals surface area contributed by atoms with E-state index >= 15 is 0 Å². The second-order valence-corrected chi connectivity index (χ2v) is 6.18. The number of hydrogen-bond donors (Lipinski definition) is 0. The zero-order valence-electron chi connectivity index (χ0n) is 12.2. The van der Waals surface area contributed by atoms with Crippen molar-refractivity contribution in [3.8, 4) is 0 Å². The lowest BCUT2D eigenvalue weighted by atomic mass is 9.91. The minimum Gasteiger partial charge on any atom is -0.448 e. The third-order valence-corrected chi connectivity index (χ3v) is 4.79. The molecule has 2 aromatic rings. The molecule has 0 amide bonds. The predicted molar refractivity (Wildman–Crippen MR) is 89.1 cm³/mol. The Morgan fingerprint density at radius 3 is 2.05 bits per heavy atom. The van der Waals surface area contributed by atoms with E-state index in [-0.39, 0.29) is 4.83 Å². The summed E-state index contributed by atoms with van der Waals surface area (Å²) in [7, 11) is 0. The molecule has 108 valence electrons. The van der Waals surface area contributed by atoms with Crippen molar-refractivity contribution >= 4 is 27.5 Å². The first-order valence-electron chi connectivity index (χ1n) is 7.14. The molecule has 0 radical (unpaired) electrons. The summed E-state index contributed by atoms with van der Waals surface area (Å²) in [5.41, 5.74) is 5.50. The van der Waals surface area contributed by atoms with Gasteiger partial charge >= 0.3 is 0 Å². The minimum atomic E-state index is 0.0609. The van der Waals surface area contributed by atoms with Gasteiger partial charge in [-0.2, -0.15) is 0 Å². The molecule has 0 aliphatic carbocycles. The van der Waals surface area contributed by atoms with Crippen LogP contribution in [0, 0.1) is 0 Å². The maximum Gasteiger partial charge on any atom is 0.193 e. The summed E-state index contributed by atoms with van der Waals surface area (Å²) < 4.78 is 5.57. The molecule has 1 heterocycles. The Kier molecular flexibility index (Phi) is 5.34. The fourth-order valence-corrected chi connectivity index (χ4v) is 3.56. The summed E-state index contributed by atoms with van der Waals surface area (Å²) in [6.45, 7) is 6.60. The van der Waals surface area contributed by atoms with Crippen LogP contribution in [0.3, 0.4) is 0 Å². The van der Waals surface area contributed by atoms with Gasteiger partial charge in [-0.3, -0.25) is 0 Å². The molecule has 20 heavy (non-hydrogen) atoms. The summed E-state index contributed by atoms with van der Waals surface area (Å²) in [4.78, 5) is 0.0609. The second-order valence-electron chi connectivity index (χ2n) is 4.89. The molecule has 0 saturated carbocycles. The van der Waals surface area contributed by atoms with Gasteiger partial charge in [0.2, 0.25) is 0 Å². The molecule has 1 aromatic heterocycles. The molecule has 2 rings (SSSR count). The van der Waals surface area contributed by atoms with Crippen molar-refractivity contribution < 1.29 is 4.42 Å². The van der Waals surface area contributed by atoms with Crippen LogP contribution in [0.2, 0.25) is 5.22 Å². The Bertz CT molecular complexity index is 563. The lowest BCUT2D eigenvalue weighted by molar-refractivity contribution is 0.520. The first-order chi connectivity index (χ1) is 9.60. The highest BCUT2D eigenvalue weighted by atomic mass is 79.9. The van der Waals surface area contributed by atoms with Gasteiger partial charge in [-0.25, -0.2) is 0 Å². The van der Waals surface area contributed by atoms with E-state index < -0.39 is 0 Å². The molecule has 3 heteroatoms. The van der Waals surface area contributed by atoms with Crippen LogP contribution in [-0.2, 0) is 19.3 Å². The molecule has 1 atom stereocenters. The van der Waals surface area contributed by atoms with E-state index in [4.69, 9.17) is 16.0 Å². The Morgan fingerprint density at radius 2 is 1.65 bits per heavy atom. The molecule has 0 aliphatic rings. The number of rotatable bonds is 5. The van der Waals surface area contributed by atoms with Crippen molar-refractivity contribution in [3.63, 3.8) is 0 Å². The van der Waals surface area contributed by atoms with E-state index in [1.807, 2.05) is 6.07 Å². The molecule has 0 bridgehead atoms. The van der Waals surface area contributed by atoms with Gasteiger partial charge in [0.15, 0.2) is 5.22 Å². The number of hydrogen-bond acceptors (Lipinski definition) is 1. The average Bonchev–Trinajstić information content (AvgIpc) is 2.91. The lowest BCUT2D eigenvalue weighted by Gasteiger charge is -2.19. The molecule has 0 spiro atoms. The lowest BCUT2D eigenvalue weighted by Crippen LogP contribution is -2.04. The Hall–Kier alpha value is -0.730. The Balaban J connectivity index is 2.53. The van der Waals surface area contributed by atoms with Crippen molar-refractivity contribution in [1.82, 2.24) is 0 Å². The third-order valence-electron chi connectivity index (χ3n) is 3.68. The van der Waals surface area contributed by atoms with E-state index in [1.165, 1.54) is 22.3 Å². The van der Waals surface area contributed by atoms with Crippen molar-refractivity contribution in [3.05, 3.63) is 57.5 Å². The zero-order valence-corrected chi connectivity index (χ0v) is 14.5. The van der Waals surface area contributed by atoms with Gasteiger partial charge in [-0.05, 0) is 65.2 Å². The highest BCUT2D eigenvalue weighted by Gasteiger charge is 2.20. The number of furan rings is 1. The Labute approximate surface area is 134 Å². The summed E-state index contributed by atoms with van der Waals surface area (Å²) in [6, 6.07) is 8.36. The van der Waals surface area contributed by atoms with Crippen molar-refractivity contribution in [1.29, 1.82) is 0 Å². The van der Waals surface area contributed by atoms with Gasteiger partial charge in [-0.15, -0.1) is 0 Å². The van der Waals surface area contributed by atoms with Gasteiger partial charge in [-0.1, -0.05) is 48.8 Å². The molecule has 0 fully saturated rings. The normalized spacial score (nSPS) is 12.7. The number of aryl methyl sites for hydroxylation is 3. The quantitative estimate of drug-likeness (QED) is 0.590. The number of alkyl halides is 1. The topological polar surface area (TPSA) is 13.1 Å². The second kappa shape index (κ2) is 6.82. The van der Waals surface area contributed by atoms with Crippen molar-refractivity contribution in [2.24, 2.45) is 0 Å². The standard InChI is InChI=1S/C17H20BrClO/c1-4-11-9-12(5-2)16(13(6-3)10-11)17(18)14-7-8-15(19)20-14/h7-10,17H,4-6H2,1-3H3. The fraction of sp³-hybridized carbons (Fsp3) is 0.412. The molecular weight excluding hydrogens is 336 g/mol. The van der Waals surface area contributed by atoms with Crippen molar-refractivity contribution in [2.45, 2.75) is 44.9 Å². The third kappa shape index (κ3) is 3.12. The van der Waals surface area contributed by atoms with Gasteiger partial charge < -0.3 is 4.42 Å². The van der Waals surface area contributed by atoms with E-state index in [1.54, 1.807) is 6.07 Å². The van der Waals surface area contributed by atoms with Gasteiger partial charge in [0.1, 0.15) is 5.76 Å². The van der Waals surface area contributed by atoms with E-state index in [0.717, 1.165) is 25.0 Å². The molecule has 1 unspecified atom stereocenters. The summed E-state index contributed by atoms with van der Waals surface area (Å²) in [6.07, 6.45) is 3.11. The first-order valence-corrected chi connectivity index (χ1v) is 8.43. The highest BCUT2D eigenvalue weighted by Crippen LogP contribution is 2.38. The van der Waals surface area contributed by atoms with Crippen LogP contribution >= 0.6 is 27.5 Å². The molecule has 0 N–H and O–H groups in total. The highest BCUT2D eigenvalue weighted by molar-refractivity contribution is 9.09. The molecule has 0 saturated heterocycles. The predicted octanol–water partition coefficient (Wildman–Crippen LogP) is 6.10. The summed E-state index contributed by atoms with van der Waals surface area (Å²) in [5.74, 6) is 0.864. The van der Waals surface area contributed by atoms with Crippen LogP contribution < -0.4 is 0 Å². The van der Waals surface area contributed by atoms with Crippen LogP contribution in [0.1, 0.15) is 53.6 Å². The Morgan fingerprint density at radius 1 is 1.05 bits per heavy atom. The van der Waals surface area contributed by atoms with E-state index in [2.05, 4.69) is 48.8 Å². The number of halogens is 2. The molecule has 1 nitrogen and oxygen atoms in total. The monoisotopic (exact) mass is 354 g/mol. The van der Waals surface area contributed by atoms with Crippen LogP contribution in [0.25, 0.3) is 0 Å². The zero-order chi connectivity index (χ0) is 14.7. The molecular formula is C17H20BrClO. The maximum atomic E-state index is 5.90. The molecule has 0 aliphatic heterocycles.